The van der Waals surface area contributed by atoms with Crippen LogP contribution in [0.3, 0.4) is 0 Å². The zero-order chi connectivity index (χ0) is 98.8. The third-order valence-electron chi connectivity index (χ3n) is 31.2. The number of hydrogen-bond donors (Lipinski definition) is 0. The van der Waals surface area contributed by atoms with Crippen LogP contribution in [0.2, 0.25) is 0 Å². The van der Waals surface area contributed by atoms with Crippen LogP contribution in [0.1, 0.15) is 5.56 Å². The van der Waals surface area contributed by atoms with Crippen LogP contribution in [0.15, 0.2) is 553 Å². The topological polar surface area (TPSA) is 42.7 Å². The summed E-state index contributed by atoms with van der Waals surface area (Å²) in [6, 6.07) is 196. The van der Waals surface area contributed by atoms with Crippen LogP contribution < -0.4 is 4.90 Å². The molecule has 0 fully saturated rings. The quantitative estimate of drug-likeness (QED) is 0.114. The minimum Gasteiger partial charge on any atom is -0.456 e. The summed E-state index contributed by atoms with van der Waals surface area (Å²) in [5, 5.41) is 29.3. The van der Waals surface area contributed by atoms with Crippen molar-refractivity contribution in [2.75, 3.05) is 11.4 Å². The normalized spacial score (nSPS) is 12.1. The number of nitrogens with zero attached hydrogens (tertiary/aromatic N) is 1. The van der Waals surface area contributed by atoms with Gasteiger partial charge in [0, 0.05) is 44.7 Å². The number of para-hydroxylation sites is 3. The summed E-state index contributed by atoms with van der Waals surface area (Å²) in [6.45, 7) is 0.961. The second kappa shape index (κ2) is 36.4. The number of anilines is 2. The van der Waals surface area contributed by atoms with Gasteiger partial charge in [0.2, 0.25) is 0 Å². The smallest absolute Gasteiger partial charge is 0.143 e. The fraction of sp³-hybridized carbons (Fsp3) is 0.0137. The minimum atomic E-state index is 0.898. The largest absolute Gasteiger partial charge is 0.456 e. The van der Waals surface area contributed by atoms with Crippen molar-refractivity contribution < 1.29 is 13.3 Å². The van der Waals surface area contributed by atoms with Crippen molar-refractivity contribution in [2.24, 2.45) is 0 Å². The molecule has 3 aromatic heterocycles. The Bertz CT molecular complexity index is 10500. The first-order valence-corrected chi connectivity index (χ1v) is 51.8. The molecule has 0 N–H and O–H groups in total. The third kappa shape index (κ3) is 14.7. The Kier molecular flexibility index (Phi) is 21.1. The molecule has 0 saturated heterocycles. The van der Waals surface area contributed by atoms with E-state index < -0.39 is 0 Å². The van der Waals surface area contributed by atoms with Crippen molar-refractivity contribution in [3.8, 4) is 122 Å². The summed E-state index contributed by atoms with van der Waals surface area (Å²) in [7, 11) is 0. The van der Waals surface area contributed by atoms with Crippen molar-refractivity contribution >= 4 is 174 Å². The number of furan rings is 3. The van der Waals surface area contributed by atoms with Gasteiger partial charge in [-0.05, 0) is 323 Å². The lowest BCUT2D eigenvalue weighted by atomic mass is 9.84. The lowest BCUT2D eigenvalue weighted by molar-refractivity contribution is 0.668. The Balaban J connectivity index is 0.000000106. The van der Waals surface area contributed by atoms with Crippen LogP contribution in [-0.4, -0.2) is 6.54 Å². The Labute approximate surface area is 866 Å². The molecule has 27 aromatic carbocycles. The predicted octanol–water partition coefficient (Wildman–Crippen LogP) is 41.2. The van der Waals surface area contributed by atoms with Gasteiger partial charge in [0.15, 0.2) is 0 Å². The first-order chi connectivity index (χ1) is 74.4. The van der Waals surface area contributed by atoms with E-state index in [-0.39, 0.29) is 0 Å². The lowest BCUT2D eigenvalue weighted by Gasteiger charge is -2.20. The summed E-state index contributed by atoms with van der Waals surface area (Å²) in [4.78, 5) is 2.46. The summed E-state index contributed by atoms with van der Waals surface area (Å²) in [5.74, 6) is 0. The van der Waals surface area contributed by atoms with Crippen LogP contribution in [0, 0.1) is 0 Å². The zero-order valence-corrected chi connectivity index (χ0v) is 82.0. The zero-order valence-electron chi connectivity index (χ0n) is 82.0. The molecule has 4 nitrogen and oxygen atoms in total. The van der Waals surface area contributed by atoms with Gasteiger partial charge in [0.1, 0.15) is 33.5 Å². The van der Waals surface area contributed by atoms with E-state index in [1.165, 1.54) is 225 Å². The Morgan fingerprint density at radius 1 is 0.147 bits per heavy atom. The van der Waals surface area contributed by atoms with Crippen molar-refractivity contribution in [2.45, 2.75) is 6.42 Å². The molecule has 700 valence electrons. The molecule has 1 aliphatic rings. The Hall–Kier alpha value is -19.5. The number of benzene rings is 27. The molecule has 1 aliphatic heterocycles. The second-order valence-electron chi connectivity index (χ2n) is 39.6. The van der Waals surface area contributed by atoms with E-state index in [1.54, 1.807) is 0 Å². The maximum absolute atomic E-state index is 6.57. The molecule has 0 aliphatic carbocycles. The van der Waals surface area contributed by atoms with Crippen LogP contribution >= 0.6 is 0 Å². The van der Waals surface area contributed by atoms with Gasteiger partial charge in [0.25, 0.3) is 0 Å². The molecule has 0 unspecified atom stereocenters. The Morgan fingerprint density at radius 2 is 0.467 bits per heavy atom. The summed E-state index contributed by atoms with van der Waals surface area (Å²) < 4.78 is 19.7. The molecule has 30 aromatic rings. The van der Waals surface area contributed by atoms with E-state index in [1.807, 2.05) is 6.07 Å². The maximum Gasteiger partial charge on any atom is 0.143 e. The molecule has 0 bridgehead atoms. The van der Waals surface area contributed by atoms with E-state index in [9.17, 15) is 0 Å². The van der Waals surface area contributed by atoms with Crippen LogP contribution in [0.5, 0.6) is 0 Å². The summed E-state index contributed by atoms with van der Waals surface area (Å²) in [6.07, 6.45) is 1.04. The number of fused-ring (bicyclic) bond motifs is 19. The van der Waals surface area contributed by atoms with Gasteiger partial charge in [-0.15, -0.1) is 0 Å². The highest BCUT2D eigenvalue weighted by molar-refractivity contribution is 6.28. The Morgan fingerprint density at radius 3 is 0.927 bits per heavy atom. The molecule has 4 heterocycles. The molecular formula is C146H93NO3. The van der Waals surface area contributed by atoms with E-state index >= 15 is 0 Å². The predicted molar refractivity (Wildman–Crippen MR) is 636 cm³/mol. The monoisotopic (exact) mass is 1910 g/mol. The average Bonchev–Trinajstić information content (AvgIpc) is 0.889. The van der Waals surface area contributed by atoms with E-state index in [2.05, 4.69) is 539 Å². The number of hydrogen-bond acceptors (Lipinski definition) is 4. The van der Waals surface area contributed by atoms with Crippen molar-refractivity contribution in [3.05, 3.63) is 545 Å². The molecular weight excluding hydrogens is 1820 g/mol. The molecule has 0 radical (unpaired) electrons. The van der Waals surface area contributed by atoms with Gasteiger partial charge in [-0.1, -0.05) is 443 Å². The highest BCUT2D eigenvalue weighted by Crippen LogP contribution is 2.54. The minimum absolute atomic E-state index is 0.898. The summed E-state index contributed by atoms with van der Waals surface area (Å²) in [5.41, 5.74) is 36.0. The van der Waals surface area contributed by atoms with Gasteiger partial charge in [0.05, 0.1) is 11.1 Å². The molecule has 0 spiro atoms. The molecule has 0 saturated carbocycles. The van der Waals surface area contributed by atoms with Gasteiger partial charge in [-0.2, -0.15) is 0 Å². The summed E-state index contributed by atoms with van der Waals surface area (Å²) >= 11 is 0. The van der Waals surface area contributed by atoms with Gasteiger partial charge >= 0.3 is 0 Å². The van der Waals surface area contributed by atoms with Crippen LogP contribution in [-0.2, 0) is 6.42 Å². The number of rotatable bonds is 12. The van der Waals surface area contributed by atoms with Crippen molar-refractivity contribution in [1.29, 1.82) is 0 Å². The lowest BCUT2D eigenvalue weighted by Crippen LogP contribution is -2.13. The van der Waals surface area contributed by atoms with Gasteiger partial charge < -0.3 is 18.2 Å². The van der Waals surface area contributed by atoms with E-state index in [4.69, 9.17) is 13.3 Å². The molecule has 150 heavy (non-hydrogen) atoms. The highest BCUT2D eigenvalue weighted by Gasteiger charge is 2.29. The highest BCUT2D eigenvalue weighted by atomic mass is 16.3. The molecule has 0 atom stereocenters. The fourth-order valence-electron chi connectivity index (χ4n) is 24.6. The van der Waals surface area contributed by atoms with Gasteiger partial charge in [-0.25, -0.2) is 0 Å². The van der Waals surface area contributed by atoms with E-state index in [0.717, 1.165) is 90.1 Å². The standard InChI is InChI=1S/C50H33NO.2C48H30O/c1-2-14-33(15-3-1)48-38-18-7-9-20-40(38)49(41-21-10-8-19-39(41)48)36-29-34-16-4-6-17-37(34)42(31-36)35-25-26-46-43(30-35)50-45(23-12-24-47(50)52-46)51-28-27-32-13-5-11-22-44(32)51;1-3-15-31(16-4-1)34-28-43(48-41-25-13-14-26-44(41)49-45(48)30-34)42-29-35(27-33-19-7-8-20-36(33)42)47-39-23-11-9-21-37(39)46(32-17-5-2-6-18-32)38-22-10-12-24-40(38)47;1-3-14-31(15-4-1)37-24-13-25-42-44-29-34(26-27-45(44)49-48(37)42)43-30-35(28-33-18-7-8-19-36(33)43)47-40-22-11-9-20-38(40)46(32-16-5-2-6-17-32)39-21-10-12-23-41(39)47/h1-26,29-31H,27-28H2;2*1-30H. The van der Waals surface area contributed by atoms with Crippen molar-refractivity contribution in [1.82, 2.24) is 0 Å². The molecule has 0 amide bonds. The third-order valence-corrected chi connectivity index (χ3v) is 31.2. The van der Waals surface area contributed by atoms with Crippen molar-refractivity contribution in [3.63, 3.8) is 0 Å². The van der Waals surface area contributed by atoms with Crippen LogP contribution in [0.25, 0.3) is 285 Å². The average molecular weight is 1910 g/mol. The van der Waals surface area contributed by atoms with E-state index in [0.29, 0.717) is 0 Å². The first kappa shape index (κ1) is 87.1. The maximum atomic E-state index is 6.57. The molecule has 4 heteroatoms. The fourth-order valence-corrected chi connectivity index (χ4v) is 24.6. The molecule has 31 rings (SSSR count). The van der Waals surface area contributed by atoms with Crippen LogP contribution in [0.4, 0.5) is 11.4 Å². The van der Waals surface area contributed by atoms with Gasteiger partial charge in [-0.3, -0.25) is 0 Å². The first-order valence-electron chi connectivity index (χ1n) is 51.8. The second-order valence-corrected chi connectivity index (χ2v) is 39.6. The SMILES string of the molecule is c1ccc(-c2c3ccccc3c(-c3cc(-c4ccc5oc6c(-c7ccccc7)cccc6c5c4)c4ccccc4c3)c3ccccc23)cc1.c1ccc(-c2c3ccccc3c(-c3cc(-c4ccc5oc6cccc(N7CCc8ccccc87)c6c5c4)c4ccccc4c3)c3ccccc23)cc1.c1ccc(-c2cc(-c3cc(-c4c5ccccc5c(-c5ccccc5)c5ccccc45)cc4ccccc34)c3c(c2)oc2ccccc23)cc1.